The Labute approximate surface area is 213 Å². The summed E-state index contributed by atoms with van der Waals surface area (Å²) in [6, 6.07) is 32.2. The summed E-state index contributed by atoms with van der Waals surface area (Å²) in [6.07, 6.45) is 0.827. The smallest absolute Gasteiger partial charge is 0.228 e. The third-order valence-electron chi connectivity index (χ3n) is 5.51. The predicted molar refractivity (Wildman–Crippen MR) is 145 cm³/mol. The third-order valence-corrected chi connectivity index (χ3v) is 5.51. The maximum absolute atomic E-state index is 12.8. The van der Waals surface area contributed by atoms with Crippen molar-refractivity contribution in [2.75, 3.05) is 5.32 Å². The third kappa shape index (κ3) is 8.17. The molecule has 4 aromatic rings. The van der Waals surface area contributed by atoms with E-state index in [2.05, 4.69) is 5.32 Å². The molecule has 0 aliphatic carbocycles. The van der Waals surface area contributed by atoms with Gasteiger partial charge in [-0.05, 0) is 44.0 Å². The lowest BCUT2D eigenvalue weighted by Crippen LogP contribution is -2.17. The number of rotatable bonds is 7. The predicted octanol–water partition coefficient (Wildman–Crippen LogP) is 6.53. The number of hydrogen-bond acceptors (Lipinski definition) is 3. The maximum Gasteiger partial charge on any atom is 0.228 e. The molecule has 182 valence electrons. The van der Waals surface area contributed by atoms with E-state index in [-0.39, 0.29) is 23.9 Å². The molecule has 0 aromatic heterocycles. The lowest BCUT2D eigenvalue weighted by molar-refractivity contribution is -0.116. The van der Waals surface area contributed by atoms with Gasteiger partial charge >= 0.3 is 0 Å². The van der Waals surface area contributed by atoms with Crippen LogP contribution in [0.25, 0.3) is 0 Å². The average Bonchev–Trinajstić information content (AvgIpc) is 2.87. The quantitative estimate of drug-likeness (QED) is 0.308. The number of ketones is 2. The van der Waals surface area contributed by atoms with Gasteiger partial charge in [-0.15, -0.1) is 0 Å². The SMILES string of the molecule is CC(=O)Cc1ccccc1.Cc1ccc(CC(=O)Nc2ccc(C)cc2C(=O)c2ccccc2)cc1. The van der Waals surface area contributed by atoms with Crippen LogP contribution in [0.1, 0.15) is 45.1 Å². The number of Topliss-reactive ketones (excluding diaryl/α,β-unsaturated/α-hetero) is 1. The molecule has 1 amide bonds. The Morgan fingerprint density at radius 3 is 1.81 bits per heavy atom. The van der Waals surface area contributed by atoms with Crippen LogP contribution in [0.2, 0.25) is 0 Å². The van der Waals surface area contributed by atoms with Gasteiger partial charge in [0.2, 0.25) is 5.91 Å². The molecule has 1 N–H and O–H groups in total. The Bertz CT molecular complexity index is 1310. The number of aryl methyl sites for hydroxylation is 2. The number of benzene rings is 4. The van der Waals surface area contributed by atoms with Crippen molar-refractivity contribution in [2.45, 2.75) is 33.6 Å². The Morgan fingerprint density at radius 2 is 1.19 bits per heavy atom. The van der Waals surface area contributed by atoms with Gasteiger partial charge in [-0.1, -0.05) is 102 Å². The molecule has 36 heavy (non-hydrogen) atoms. The van der Waals surface area contributed by atoms with Gasteiger partial charge < -0.3 is 5.32 Å². The molecule has 0 aliphatic rings. The van der Waals surface area contributed by atoms with Gasteiger partial charge in [0.15, 0.2) is 5.78 Å². The summed E-state index contributed by atoms with van der Waals surface area (Å²) in [4.78, 5) is 35.9. The summed E-state index contributed by atoms with van der Waals surface area (Å²) in [5.74, 6) is -0.0223. The van der Waals surface area contributed by atoms with Crippen LogP contribution in [0.3, 0.4) is 0 Å². The lowest BCUT2D eigenvalue weighted by Gasteiger charge is -2.12. The van der Waals surface area contributed by atoms with Crippen molar-refractivity contribution in [2.24, 2.45) is 0 Å². The molecule has 4 heteroatoms. The maximum atomic E-state index is 12.8. The van der Waals surface area contributed by atoms with E-state index in [1.54, 1.807) is 25.1 Å². The Morgan fingerprint density at radius 1 is 0.639 bits per heavy atom. The Hall–Kier alpha value is -4.31. The second-order valence-electron chi connectivity index (χ2n) is 8.82. The fourth-order valence-corrected chi connectivity index (χ4v) is 3.67. The van der Waals surface area contributed by atoms with Crippen LogP contribution in [0.5, 0.6) is 0 Å². The number of carbonyl (C=O) groups is 3. The van der Waals surface area contributed by atoms with E-state index in [1.807, 2.05) is 98.8 Å². The van der Waals surface area contributed by atoms with Crippen molar-refractivity contribution >= 4 is 23.2 Å². The number of amides is 1. The fourth-order valence-electron chi connectivity index (χ4n) is 3.67. The topological polar surface area (TPSA) is 63.2 Å². The fraction of sp³-hybridized carbons (Fsp3) is 0.156. The zero-order valence-corrected chi connectivity index (χ0v) is 21.0. The molecule has 0 unspecified atom stereocenters. The second-order valence-corrected chi connectivity index (χ2v) is 8.82. The van der Waals surface area contributed by atoms with Crippen LogP contribution in [0.4, 0.5) is 5.69 Å². The number of anilines is 1. The van der Waals surface area contributed by atoms with Crippen molar-refractivity contribution in [1.82, 2.24) is 0 Å². The molecule has 0 heterocycles. The van der Waals surface area contributed by atoms with Gasteiger partial charge in [0, 0.05) is 17.5 Å². The van der Waals surface area contributed by atoms with Crippen LogP contribution < -0.4 is 5.32 Å². The normalized spacial score (nSPS) is 10.1. The van der Waals surface area contributed by atoms with Gasteiger partial charge in [-0.25, -0.2) is 0 Å². The molecule has 0 radical (unpaired) electrons. The number of carbonyl (C=O) groups excluding carboxylic acids is 3. The van der Waals surface area contributed by atoms with E-state index in [0.29, 0.717) is 23.2 Å². The zero-order chi connectivity index (χ0) is 25.9. The summed E-state index contributed by atoms with van der Waals surface area (Å²) in [5.41, 5.74) is 5.82. The average molecular weight is 478 g/mol. The van der Waals surface area contributed by atoms with Crippen LogP contribution in [0.15, 0.2) is 103 Å². The van der Waals surface area contributed by atoms with E-state index in [4.69, 9.17) is 0 Å². The second kappa shape index (κ2) is 13.0. The largest absolute Gasteiger partial charge is 0.325 e. The standard InChI is InChI=1S/C23H21NO2.C9H10O/c1-16-8-11-18(12-9-16)15-22(25)24-21-13-10-17(2)14-20(21)23(26)19-6-4-3-5-7-19;1-8(10)7-9-5-3-2-4-6-9/h3-14H,15H2,1-2H3,(H,24,25);2-6H,7H2,1H3. The monoisotopic (exact) mass is 477 g/mol. The Balaban J connectivity index is 0.000000303. The van der Waals surface area contributed by atoms with Gasteiger partial charge in [0.25, 0.3) is 0 Å². The highest BCUT2D eigenvalue weighted by atomic mass is 16.2. The molecule has 4 nitrogen and oxygen atoms in total. The molecular weight excluding hydrogens is 446 g/mol. The van der Waals surface area contributed by atoms with E-state index >= 15 is 0 Å². The number of nitrogens with one attached hydrogen (secondary N) is 1. The highest BCUT2D eigenvalue weighted by Crippen LogP contribution is 2.21. The van der Waals surface area contributed by atoms with Crippen molar-refractivity contribution < 1.29 is 14.4 Å². The molecule has 4 aromatic carbocycles. The molecule has 0 fully saturated rings. The first-order valence-corrected chi connectivity index (χ1v) is 11.9. The zero-order valence-electron chi connectivity index (χ0n) is 21.0. The van der Waals surface area contributed by atoms with Crippen LogP contribution in [-0.4, -0.2) is 17.5 Å². The first-order chi connectivity index (χ1) is 17.3. The van der Waals surface area contributed by atoms with E-state index in [0.717, 1.165) is 22.3 Å². The van der Waals surface area contributed by atoms with Crippen LogP contribution >= 0.6 is 0 Å². The summed E-state index contributed by atoms with van der Waals surface area (Å²) in [7, 11) is 0. The lowest BCUT2D eigenvalue weighted by atomic mass is 9.99. The first-order valence-electron chi connectivity index (χ1n) is 11.9. The van der Waals surface area contributed by atoms with E-state index in [1.165, 1.54) is 0 Å². The molecule has 0 saturated heterocycles. The van der Waals surface area contributed by atoms with Crippen molar-refractivity contribution in [3.8, 4) is 0 Å². The van der Waals surface area contributed by atoms with E-state index < -0.39 is 0 Å². The minimum atomic E-state index is -0.139. The summed E-state index contributed by atoms with van der Waals surface area (Å²) < 4.78 is 0. The molecular formula is C32H31NO3. The summed E-state index contributed by atoms with van der Waals surface area (Å²) >= 11 is 0. The van der Waals surface area contributed by atoms with Gasteiger partial charge in [-0.2, -0.15) is 0 Å². The highest BCUT2D eigenvalue weighted by Gasteiger charge is 2.15. The molecule has 0 aliphatic heterocycles. The molecule has 0 saturated carbocycles. The van der Waals surface area contributed by atoms with Crippen LogP contribution in [0, 0.1) is 13.8 Å². The van der Waals surface area contributed by atoms with Gasteiger partial charge in [0.05, 0.1) is 12.1 Å². The van der Waals surface area contributed by atoms with E-state index in [9.17, 15) is 14.4 Å². The summed E-state index contributed by atoms with van der Waals surface area (Å²) in [6.45, 7) is 5.55. The van der Waals surface area contributed by atoms with Gasteiger partial charge in [-0.3, -0.25) is 14.4 Å². The molecule has 0 bridgehead atoms. The number of hydrogen-bond donors (Lipinski definition) is 1. The minimum absolute atomic E-state index is 0.0973. The van der Waals surface area contributed by atoms with Crippen LogP contribution in [-0.2, 0) is 22.4 Å². The molecule has 0 atom stereocenters. The first kappa shape index (κ1) is 26.3. The minimum Gasteiger partial charge on any atom is -0.325 e. The summed E-state index contributed by atoms with van der Waals surface area (Å²) in [5, 5.41) is 2.89. The van der Waals surface area contributed by atoms with Crippen molar-refractivity contribution in [3.63, 3.8) is 0 Å². The Kier molecular flexibility index (Phi) is 9.47. The van der Waals surface area contributed by atoms with Gasteiger partial charge in [0.1, 0.15) is 5.78 Å². The molecule has 0 spiro atoms. The van der Waals surface area contributed by atoms with Crippen molar-refractivity contribution in [3.05, 3.63) is 137 Å². The molecule has 4 rings (SSSR count). The highest BCUT2D eigenvalue weighted by molar-refractivity contribution is 6.14. The van der Waals surface area contributed by atoms with Crippen molar-refractivity contribution in [1.29, 1.82) is 0 Å².